The van der Waals surface area contributed by atoms with Crippen molar-refractivity contribution < 1.29 is 4.79 Å². The van der Waals surface area contributed by atoms with Crippen LogP contribution in [0.25, 0.3) is 0 Å². The molecule has 1 aliphatic rings. The molecule has 0 saturated heterocycles. The molecule has 0 aliphatic carbocycles. The van der Waals surface area contributed by atoms with Crippen LogP contribution < -0.4 is 0 Å². The van der Waals surface area contributed by atoms with Gasteiger partial charge in [0.1, 0.15) is 0 Å². The largest absolute Gasteiger partial charge is 0.351 e. The highest BCUT2D eigenvalue weighted by Gasteiger charge is 2.19. The molecule has 0 aromatic carbocycles. The van der Waals surface area contributed by atoms with Gasteiger partial charge >= 0.3 is 0 Å². The molecule has 0 aromatic rings. The number of amides is 1. The molecule has 86 valence electrons. The minimum absolute atomic E-state index is 0.0213. The Bertz CT molecular complexity index is 233. The van der Waals surface area contributed by atoms with Gasteiger partial charge in [0.2, 0.25) is 0 Å². The molecule has 0 spiro atoms. The van der Waals surface area contributed by atoms with E-state index in [0.717, 1.165) is 18.3 Å². The number of amidine groups is 1. The highest BCUT2D eigenvalue weighted by molar-refractivity contribution is 8.14. The zero-order chi connectivity index (χ0) is 11.1. The van der Waals surface area contributed by atoms with E-state index in [-0.39, 0.29) is 5.91 Å². The first kappa shape index (κ1) is 12.6. The van der Waals surface area contributed by atoms with Crippen LogP contribution in [0, 0.1) is 0 Å². The Balaban J connectivity index is 2.47. The van der Waals surface area contributed by atoms with Gasteiger partial charge in [-0.3, -0.25) is 4.79 Å². The third-order valence-corrected chi connectivity index (χ3v) is 3.38. The van der Waals surface area contributed by atoms with E-state index in [9.17, 15) is 4.79 Å². The molecular weight excluding hydrogens is 208 g/mol. The molecule has 0 saturated carbocycles. The van der Waals surface area contributed by atoms with Gasteiger partial charge < -0.3 is 4.90 Å². The van der Waals surface area contributed by atoms with Crippen LogP contribution in [0.5, 0.6) is 0 Å². The fourth-order valence-electron chi connectivity index (χ4n) is 1.46. The van der Waals surface area contributed by atoms with Crippen LogP contribution in [0.3, 0.4) is 0 Å². The van der Waals surface area contributed by atoms with E-state index in [0.29, 0.717) is 5.75 Å². The van der Waals surface area contributed by atoms with E-state index in [1.807, 2.05) is 0 Å². The number of unbranched alkanes of at least 4 members (excludes halogenated alkanes) is 2. The maximum atomic E-state index is 11.1. The van der Waals surface area contributed by atoms with Gasteiger partial charge in [-0.05, 0) is 12.8 Å². The van der Waals surface area contributed by atoms with Crippen LogP contribution in [0.2, 0.25) is 0 Å². The first-order chi connectivity index (χ1) is 7.27. The van der Waals surface area contributed by atoms with Crippen LogP contribution in [-0.2, 0) is 4.79 Å². The van der Waals surface area contributed by atoms with Crippen molar-refractivity contribution in [1.29, 1.82) is 0 Å². The van der Waals surface area contributed by atoms with Gasteiger partial charge in [0.25, 0.3) is 5.91 Å². The molecule has 0 aromatic heterocycles. The van der Waals surface area contributed by atoms with E-state index in [1.165, 1.54) is 25.7 Å². The standard InChI is InChI=1S/C11H20N2OS/c1-3-5-7-13(8-6-4-2)11-12-10(14)9-15-11/h3-9H2,1-2H3. The predicted molar refractivity (Wildman–Crippen MR) is 66.3 cm³/mol. The van der Waals surface area contributed by atoms with Crippen molar-refractivity contribution in [2.24, 2.45) is 4.99 Å². The second-order valence-electron chi connectivity index (χ2n) is 3.77. The topological polar surface area (TPSA) is 32.7 Å². The maximum Gasteiger partial charge on any atom is 0.258 e. The first-order valence-corrected chi connectivity index (χ1v) is 6.75. The number of rotatable bonds is 6. The number of thioether (sulfide) groups is 1. The monoisotopic (exact) mass is 228 g/mol. The van der Waals surface area contributed by atoms with Gasteiger partial charge in [-0.1, -0.05) is 38.5 Å². The van der Waals surface area contributed by atoms with Crippen molar-refractivity contribution in [2.45, 2.75) is 39.5 Å². The molecule has 0 atom stereocenters. The zero-order valence-corrected chi connectivity index (χ0v) is 10.5. The molecule has 15 heavy (non-hydrogen) atoms. The Morgan fingerprint density at radius 3 is 2.27 bits per heavy atom. The zero-order valence-electron chi connectivity index (χ0n) is 9.66. The third kappa shape index (κ3) is 4.24. The Kier molecular flexibility index (Phi) is 5.76. The molecule has 0 radical (unpaired) electrons. The van der Waals surface area contributed by atoms with Crippen molar-refractivity contribution in [3.63, 3.8) is 0 Å². The lowest BCUT2D eigenvalue weighted by molar-refractivity contribution is -0.115. The maximum absolute atomic E-state index is 11.1. The Morgan fingerprint density at radius 2 is 1.87 bits per heavy atom. The summed E-state index contributed by atoms with van der Waals surface area (Å²) in [5.74, 6) is 0.553. The number of aliphatic imine (C=N–C) groups is 1. The van der Waals surface area contributed by atoms with E-state index in [2.05, 4.69) is 23.7 Å². The lowest BCUT2D eigenvalue weighted by Gasteiger charge is -2.22. The summed E-state index contributed by atoms with van der Waals surface area (Å²) in [6.45, 7) is 6.45. The van der Waals surface area contributed by atoms with Gasteiger partial charge in [0.15, 0.2) is 5.17 Å². The summed E-state index contributed by atoms with van der Waals surface area (Å²) in [6, 6.07) is 0. The Morgan fingerprint density at radius 1 is 1.27 bits per heavy atom. The molecule has 3 nitrogen and oxygen atoms in total. The van der Waals surface area contributed by atoms with Crippen LogP contribution in [0.4, 0.5) is 0 Å². The third-order valence-electron chi connectivity index (χ3n) is 2.38. The predicted octanol–water partition coefficient (Wildman–Crippen LogP) is 2.52. The lowest BCUT2D eigenvalue weighted by atomic mass is 10.3. The number of hydrogen-bond donors (Lipinski definition) is 0. The molecular formula is C11H20N2OS. The normalized spacial score (nSPS) is 15.6. The van der Waals surface area contributed by atoms with Gasteiger partial charge in [0, 0.05) is 13.1 Å². The van der Waals surface area contributed by atoms with Crippen LogP contribution in [0.15, 0.2) is 4.99 Å². The fourth-order valence-corrected chi connectivity index (χ4v) is 2.31. The Labute approximate surface area is 96.3 Å². The molecule has 0 unspecified atom stereocenters. The van der Waals surface area contributed by atoms with Crippen LogP contribution >= 0.6 is 11.8 Å². The smallest absolute Gasteiger partial charge is 0.258 e. The van der Waals surface area contributed by atoms with Crippen LogP contribution in [0.1, 0.15) is 39.5 Å². The van der Waals surface area contributed by atoms with Crippen LogP contribution in [-0.4, -0.2) is 34.8 Å². The van der Waals surface area contributed by atoms with Gasteiger partial charge in [-0.2, -0.15) is 4.99 Å². The molecule has 1 amide bonds. The molecule has 0 bridgehead atoms. The summed E-state index contributed by atoms with van der Waals surface area (Å²) in [5, 5.41) is 0.946. The van der Waals surface area contributed by atoms with Gasteiger partial charge in [-0.15, -0.1) is 0 Å². The number of nitrogens with zero attached hydrogens (tertiary/aromatic N) is 2. The van der Waals surface area contributed by atoms with Crippen molar-refractivity contribution in [3.8, 4) is 0 Å². The van der Waals surface area contributed by atoms with Crippen molar-refractivity contribution >= 4 is 22.8 Å². The summed E-state index contributed by atoms with van der Waals surface area (Å²) in [4.78, 5) is 17.4. The minimum atomic E-state index is 0.0213. The van der Waals surface area contributed by atoms with Crippen molar-refractivity contribution in [1.82, 2.24) is 4.90 Å². The first-order valence-electron chi connectivity index (χ1n) is 5.77. The average molecular weight is 228 g/mol. The van der Waals surface area contributed by atoms with E-state index < -0.39 is 0 Å². The number of carbonyl (C=O) groups is 1. The molecule has 1 heterocycles. The molecule has 0 N–H and O–H groups in total. The minimum Gasteiger partial charge on any atom is -0.351 e. The fraction of sp³-hybridized carbons (Fsp3) is 0.818. The highest BCUT2D eigenvalue weighted by Crippen LogP contribution is 2.17. The lowest BCUT2D eigenvalue weighted by Crippen LogP contribution is -2.30. The van der Waals surface area contributed by atoms with E-state index in [4.69, 9.17) is 0 Å². The van der Waals surface area contributed by atoms with E-state index in [1.54, 1.807) is 11.8 Å². The quantitative estimate of drug-likeness (QED) is 0.700. The average Bonchev–Trinajstić information content (AvgIpc) is 2.65. The summed E-state index contributed by atoms with van der Waals surface area (Å²) < 4.78 is 0. The summed E-state index contributed by atoms with van der Waals surface area (Å²) in [6.07, 6.45) is 4.73. The SMILES string of the molecule is CCCCN(CCCC)C1=NC(=O)CS1. The second-order valence-corrected chi connectivity index (χ2v) is 4.71. The van der Waals surface area contributed by atoms with Gasteiger partial charge in [0.05, 0.1) is 5.75 Å². The molecule has 1 aliphatic heterocycles. The number of carbonyl (C=O) groups excluding carboxylic acids is 1. The molecule has 4 heteroatoms. The summed E-state index contributed by atoms with van der Waals surface area (Å²) >= 11 is 1.59. The van der Waals surface area contributed by atoms with Gasteiger partial charge in [-0.25, -0.2) is 0 Å². The summed E-state index contributed by atoms with van der Waals surface area (Å²) in [7, 11) is 0. The highest BCUT2D eigenvalue weighted by atomic mass is 32.2. The summed E-state index contributed by atoms with van der Waals surface area (Å²) in [5.41, 5.74) is 0. The second kappa shape index (κ2) is 6.88. The Hall–Kier alpha value is -0.510. The molecule has 1 rings (SSSR count). The number of hydrogen-bond acceptors (Lipinski definition) is 3. The van der Waals surface area contributed by atoms with Crippen molar-refractivity contribution in [2.75, 3.05) is 18.8 Å². The van der Waals surface area contributed by atoms with Crippen molar-refractivity contribution in [3.05, 3.63) is 0 Å². The van der Waals surface area contributed by atoms with E-state index >= 15 is 0 Å². The molecule has 0 fully saturated rings.